The second kappa shape index (κ2) is 9.27. The maximum atomic E-state index is 13.7. The van der Waals surface area contributed by atoms with E-state index in [4.69, 9.17) is 4.52 Å². The van der Waals surface area contributed by atoms with E-state index in [1.54, 1.807) is 13.1 Å². The fourth-order valence-electron chi connectivity index (χ4n) is 5.04. The molecule has 7 heteroatoms. The lowest BCUT2D eigenvalue weighted by molar-refractivity contribution is -0.143. The molecule has 2 heterocycles. The van der Waals surface area contributed by atoms with Crippen LogP contribution in [0.3, 0.4) is 0 Å². The molecule has 4 rings (SSSR count). The number of amides is 3. The highest BCUT2D eigenvalue weighted by Crippen LogP contribution is 2.41. The summed E-state index contributed by atoms with van der Waals surface area (Å²) in [4.78, 5) is 43.0. The van der Waals surface area contributed by atoms with Crippen molar-refractivity contribution < 1.29 is 18.9 Å². The van der Waals surface area contributed by atoms with Gasteiger partial charge in [0.25, 0.3) is 0 Å². The average Bonchev–Trinajstić information content (AvgIpc) is 3.31. The quantitative estimate of drug-likeness (QED) is 0.618. The molecule has 7 nitrogen and oxygen atoms in total. The van der Waals surface area contributed by atoms with Crippen LogP contribution in [-0.4, -0.2) is 46.3 Å². The number of hydrogen-bond donors (Lipinski definition) is 0. The van der Waals surface area contributed by atoms with Crippen LogP contribution in [0, 0.1) is 12.8 Å². The molecule has 0 radical (unpaired) electrons. The van der Waals surface area contributed by atoms with E-state index in [0.717, 1.165) is 36.9 Å². The Morgan fingerprint density at radius 1 is 1.19 bits per heavy atom. The predicted molar refractivity (Wildman–Crippen MR) is 118 cm³/mol. The molecule has 3 amide bonds. The standard InChI is InChI=1S/C25H31N3O4/c1-18-13-21(32-26-18)17-27(2)22(29)14-25(20-11-7-4-8-12-20)15-23(30)28(24(25)31)16-19-9-5-3-6-10-19/h4,7-8,11-13,19H,3,5-6,9-10,14-17H2,1-2H3. The highest BCUT2D eigenvalue weighted by molar-refractivity contribution is 6.10. The first kappa shape index (κ1) is 22.2. The van der Waals surface area contributed by atoms with Crippen LogP contribution < -0.4 is 0 Å². The third kappa shape index (κ3) is 4.47. The minimum atomic E-state index is -1.16. The van der Waals surface area contributed by atoms with Crippen LogP contribution in [0.15, 0.2) is 40.9 Å². The van der Waals surface area contributed by atoms with Crippen molar-refractivity contribution in [2.75, 3.05) is 13.6 Å². The molecule has 1 aliphatic carbocycles. The zero-order chi connectivity index (χ0) is 22.7. The molecule has 0 bridgehead atoms. The van der Waals surface area contributed by atoms with Gasteiger partial charge < -0.3 is 9.42 Å². The number of aromatic nitrogens is 1. The number of carbonyl (C=O) groups excluding carboxylic acids is 3. The smallest absolute Gasteiger partial charge is 0.240 e. The molecule has 1 aromatic carbocycles. The minimum Gasteiger partial charge on any atom is -0.359 e. The lowest BCUT2D eigenvalue weighted by Gasteiger charge is -2.30. The number of aryl methyl sites for hydroxylation is 1. The molecule has 1 aliphatic heterocycles. The zero-order valence-electron chi connectivity index (χ0n) is 18.9. The van der Waals surface area contributed by atoms with E-state index in [9.17, 15) is 14.4 Å². The van der Waals surface area contributed by atoms with Crippen molar-refractivity contribution in [1.82, 2.24) is 15.0 Å². The van der Waals surface area contributed by atoms with Crippen molar-refractivity contribution in [2.24, 2.45) is 5.92 Å². The highest BCUT2D eigenvalue weighted by atomic mass is 16.5. The molecule has 1 unspecified atom stereocenters. The lowest BCUT2D eigenvalue weighted by Crippen LogP contribution is -2.44. The van der Waals surface area contributed by atoms with Crippen LogP contribution in [0.4, 0.5) is 0 Å². The average molecular weight is 438 g/mol. The van der Waals surface area contributed by atoms with Crippen molar-refractivity contribution in [3.8, 4) is 0 Å². The van der Waals surface area contributed by atoms with Crippen LogP contribution in [0.1, 0.15) is 62.0 Å². The van der Waals surface area contributed by atoms with E-state index >= 15 is 0 Å². The van der Waals surface area contributed by atoms with E-state index in [1.165, 1.54) is 16.2 Å². The maximum Gasteiger partial charge on any atom is 0.240 e. The van der Waals surface area contributed by atoms with Gasteiger partial charge in [-0.3, -0.25) is 19.3 Å². The van der Waals surface area contributed by atoms with E-state index in [2.05, 4.69) is 5.16 Å². The van der Waals surface area contributed by atoms with E-state index in [-0.39, 0.29) is 37.1 Å². The van der Waals surface area contributed by atoms with Crippen molar-refractivity contribution in [3.63, 3.8) is 0 Å². The van der Waals surface area contributed by atoms with Gasteiger partial charge >= 0.3 is 0 Å². The van der Waals surface area contributed by atoms with Crippen LogP contribution in [0.2, 0.25) is 0 Å². The number of benzene rings is 1. The second-order valence-corrected chi connectivity index (χ2v) is 9.30. The Labute approximate surface area is 188 Å². The first-order valence-electron chi connectivity index (χ1n) is 11.5. The maximum absolute atomic E-state index is 13.7. The van der Waals surface area contributed by atoms with Gasteiger partial charge in [-0.1, -0.05) is 54.8 Å². The topological polar surface area (TPSA) is 83.7 Å². The van der Waals surface area contributed by atoms with Gasteiger partial charge in [-0.25, -0.2) is 0 Å². The Bertz CT molecular complexity index is 980. The molecule has 2 aromatic rings. The molecule has 2 aliphatic rings. The van der Waals surface area contributed by atoms with Crippen molar-refractivity contribution in [1.29, 1.82) is 0 Å². The largest absolute Gasteiger partial charge is 0.359 e. The second-order valence-electron chi connectivity index (χ2n) is 9.30. The van der Waals surface area contributed by atoms with Crippen molar-refractivity contribution in [3.05, 3.63) is 53.4 Å². The number of carbonyl (C=O) groups is 3. The highest BCUT2D eigenvalue weighted by Gasteiger charge is 2.54. The fourth-order valence-corrected chi connectivity index (χ4v) is 5.04. The molecule has 32 heavy (non-hydrogen) atoms. The number of likely N-dealkylation sites (tertiary alicyclic amines) is 1. The Balaban J connectivity index is 1.56. The number of hydrogen-bond acceptors (Lipinski definition) is 5. The Morgan fingerprint density at radius 3 is 2.56 bits per heavy atom. The number of imide groups is 1. The summed E-state index contributed by atoms with van der Waals surface area (Å²) in [5.41, 5.74) is 0.314. The summed E-state index contributed by atoms with van der Waals surface area (Å²) in [5.74, 6) is 0.321. The first-order valence-corrected chi connectivity index (χ1v) is 11.5. The SMILES string of the molecule is Cc1cc(CN(C)C(=O)CC2(c3ccccc3)CC(=O)N(CC3CCCCC3)C2=O)on1. The molecular formula is C25H31N3O4. The van der Waals surface area contributed by atoms with E-state index in [0.29, 0.717) is 18.2 Å². The molecule has 0 spiro atoms. The third-order valence-electron chi connectivity index (χ3n) is 6.85. The number of nitrogens with zero attached hydrogens (tertiary/aromatic N) is 3. The monoisotopic (exact) mass is 437 g/mol. The van der Waals surface area contributed by atoms with Crippen LogP contribution >= 0.6 is 0 Å². The Hall–Kier alpha value is -2.96. The molecule has 0 N–H and O–H groups in total. The first-order chi connectivity index (χ1) is 15.4. The zero-order valence-corrected chi connectivity index (χ0v) is 18.9. The summed E-state index contributed by atoms with van der Waals surface area (Å²) in [7, 11) is 1.68. The van der Waals surface area contributed by atoms with E-state index < -0.39 is 5.41 Å². The van der Waals surface area contributed by atoms with Gasteiger partial charge in [-0.05, 0) is 31.2 Å². The minimum absolute atomic E-state index is 0.0313. The summed E-state index contributed by atoms with van der Waals surface area (Å²) in [6.07, 6.45) is 5.60. The summed E-state index contributed by atoms with van der Waals surface area (Å²) < 4.78 is 5.23. The summed E-state index contributed by atoms with van der Waals surface area (Å²) in [6.45, 7) is 2.55. The Morgan fingerprint density at radius 2 is 1.91 bits per heavy atom. The lowest BCUT2D eigenvalue weighted by atomic mass is 9.75. The van der Waals surface area contributed by atoms with E-state index in [1.807, 2.05) is 37.3 Å². The third-order valence-corrected chi connectivity index (χ3v) is 6.85. The molecule has 1 aromatic heterocycles. The summed E-state index contributed by atoms with van der Waals surface area (Å²) >= 11 is 0. The van der Waals surface area contributed by atoms with Gasteiger partial charge in [0.2, 0.25) is 17.7 Å². The molecule has 1 atom stereocenters. The molecular weight excluding hydrogens is 406 g/mol. The molecule has 170 valence electrons. The predicted octanol–water partition coefficient (Wildman–Crippen LogP) is 3.61. The van der Waals surface area contributed by atoms with Gasteiger partial charge in [-0.2, -0.15) is 0 Å². The summed E-state index contributed by atoms with van der Waals surface area (Å²) in [5, 5.41) is 3.86. The normalized spacial score (nSPS) is 21.9. The van der Waals surface area contributed by atoms with Gasteiger partial charge in [0.15, 0.2) is 5.76 Å². The van der Waals surface area contributed by atoms with Crippen molar-refractivity contribution in [2.45, 2.75) is 63.8 Å². The number of rotatable bonds is 7. The van der Waals surface area contributed by atoms with Gasteiger partial charge in [0.1, 0.15) is 0 Å². The van der Waals surface area contributed by atoms with Crippen molar-refractivity contribution >= 4 is 17.7 Å². The van der Waals surface area contributed by atoms with Gasteiger partial charge in [0.05, 0.1) is 17.7 Å². The Kier molecular flexibility index (Phi) is 6.44. The van der Waals surface area contributed by atoms with Crippen LogP contribution in [-0.2, 0) is 26.3 Å². The molecule has 1 saturated carbocycles. The summed E-state index contributed by atoms with van der Waals surface area (Å²) in [6, 6.07) is 11.1. The molecule has 2 fully saturated rings. The van der Waals surface area contributed by atoms with Gasteiger partial charge in [-0.15, -0.1) is 0 Å². The van der Waals surface area contributed by atoms with Crippen LogP contribution in [0.5, 0.6) is 0 Å². The fraction of sp³-hybridized carbons (Fsp3) is 0.520. The van der Waals surface area contributed by atoms with Crippen LogP contribution in [0.25, 0.3) is 0 Å². The van der Waals surface area contributed by atoms with Gasteiger partial charge in [0, 0.05) is 32.5 Å². The molecule has 1 saturated heterocycles.